The van der Waals surface area contributed by atoms with Crippen LogP contribution in [0.25, 0.3) is 0 Å². The van der Waals surface area contributed by atoms with E-state index < -0.39 is 10.0 Å². The van der Waals surface area contributed by atoms with Crippen LogP contribution in [0.2, 0.25) is 0 Å². The normalized spacial score (nSPS) is 18.9. The standard InChI is InChI=1S/C22H30N4O5S/c1-4-26(5-2)32(28,29)19-12-6-16(7-13-19)20(27)25-17-8-10-18(11-9-17)31-22-21(30-3)23-14-15-24-22/h6-7,12-15,17-18H,4-5,8-11H2,1-3H3,(H,25,27). The molecule has 0 radical (unpaired) electrons. The summed E-state index contributed by atoms with van der Waals surface area (Å²) < 4.78 is 37.7. The van der Waals surface area contributed by atoms with Gasteiger partial charge in [-0.2, -0.15) is 4.31 Å². The number of methoxy groups -OCH3 is 1. The Labute approximate surface area is 189 Å². The van der Waals surface area contributed by atoms with Crippen molar-refractivity contribution in [2.45, 2.75) is 56.6 Å². The molecule has 0 bridgehead atoms. The summed E-state index contributed by atoms with van der Waals surface area (Å²) in [6.45, 7) is 4.40. The van der Waals surface area contributed by atoms with Crippen molar-refractivity contribution in [1.29, 1.82) is 0 Å². The van der Waals surface area contributed by atoms with Crippen LogP contribution in [0.15, 0.2) is 41.6 Å². The molecule has 1 aliphatic rings. The molecule has 1 fully saturated rings. The summed E-state index contributed by atoms with van der Waals surface area (Å²) in [4.78, 5) is 21.1. The first-order valence-electron chi connectivity index (χ1n) is 10.8. The molecule has 9 nitrogen and oxygen atoms in total. The van der Waals surface area contributed by atoms with Crippen LogP contribution in [-0.4, -0.2) is 60.9 Å². The number of carbonyl (C=O) groups excluding carboxylic acids is 1. The second kappa shape index (κ2) is 10.7. The predicted octanol–water partition coefficient (Wildman–Crippen LogP) is 2.64. The molecule has 174 valence electrons. The molecule has 2 aromatic rings. The predicted molar refractivity (Wildman–Crippen MR) is 119 cm³/mol. The minimum absolute atomic E-state index is 0.0154. The summed E-state index contributed by atoms with van der Waals surface area (Å²) in [7, 11) is -2.02. The number of nitrogens with zero attached hydrogens (tertiary/aromatic N) is 3. The van der Waals surface area contributed by atoms with Gasteiger partial charge in [-0.1, -0.05) is 13.8 Å². The first-order valence-corrected chi connectivity index (χ1v) is 12.3. The molecule has 1 aliphatic carbocycles. The van der Waals surface area contributed by atoms with Crippen LogP contribution in [0.1, 0.15) is 49.9 Å². The highest BCUT2D eigenvalue weighted by atomic mass is 32.2. The van der Waals surface area contributed by atoms with Gasteiger partial charge in [-0.15, -0.1) is 0 Å². The summed E-state index contributed by atoms with van der Waals surface area (Å²) in [5, 5.41) is 3.04. The van der Waals surface area contributed by atoms with Gasteiger partial charge in [0.05, 0.1) is 12.0 Å². The molecule has 1 aromatic heterocycles. The second-order valence-corrected chi connectivity index (χ2v) is 9.49. The fourth-order valence-corrected chi connectivity index (χ4v) is 5.23. The zero-order chi connectivity index (χ0) is 23.1. The number of aromatic nitrogens is 2. The third-order valence-electron chi connectivity index (χ3n) is 5.57. The number of hydrogen-bond donors (Lipinski definition) is 1. The molecule has 1 amide bonds. The van der Waals surface area contributed by atoms with E-state index in [-0.39, 0.29) is 22.9 Å². The molecule has 1 N–H and O–H groups in total. The minimum atomic E-state index is -3.54. The van der Waals surface area contributed by atoms with Gasteiger partial charge in [-0.3, -0.25) is 4.79 Å². The molecule has 10 heteroatoms. The van der Waals surface area contributed by atoms with Gasteiger partial charge in [-0.05, 0) is 49.9 Å². The lowest BCUT2D eigenvalue weighted by Gasteiger charge is -2.29. The molecule has 1 aromatic carbocycles. The third kappa shape index (κ3) is 5.55. The number of carbonyl (C=O) groups is 1. The van der Waals surface area contributed by atoms with Gasteiger partial charge in [0.25, 0.3) is 17.7 Å². The van der Waals surface area contributed by atoms with Gasteiger partial charge >= 0.3 is 0 Å². The number of rotatable bonds is 9. The van der Waals surface area contributed by atoms with Crippen LogP contribution >= 0.6 is 0 Å². The van der Waals surface area contributed by atoms with Crippen molar-refractivity contribution < 1.29 is 22.7 Å². The number of amides is 1. The third-order valence-corrected chi connectivity index (χ3v) is 7.64. The van der Waals surface area contributed by atoms with Crippen LogP contribution in [0.3, 0.4) is 0 Å². The smallest absolute Gasteiger partial charge is 0.278 e. The Morgan fingerprint density at radius 2 is 1.62 bits per heavy atom. The van der Waals surface area contributed by atoms with Gasteiger partial charge in [-0.25, -0.2) is 18.4 Å². The SMILES string of the molecule is CCN(CC)S(=O)(=O)c1ccc(C(=O)NC2CCC(Oc3nccnc3OC)CC2)cc1. The molecule has 0 aliphatic heterocycles. The quantitative estimate of drug-likeness (QED) is 0.610. The molecule has 3 rings (SSSR count). The first kappa shape index (κ1) is 23.9. The fourth-order valence-electron chi connectivity index (χ4n) is 3.78. The summed E-state index contributed by atoms with van der Waals surface area (Å²) >= 11 is 0. The van der Waals surface area contributed by atoms with Crippen molar-refractivity contribution in [1.82, 2.24) is 19.6 Å². The fraction of sp³-hybridized carbons (Fsp3) is 0.500. The molecule has 0 saturated heterocycles. The highest BCUT2D eigenvalue weighted by Crippen LogP contribution is 2.27. The maximum atomic E-state index is 12.6. The molecular formula is C22H30N4O5S. The van der Waals surface area contributed by atoms with Gasteiger partial charge in [0, 0.05) is 37.1 Å². The highest BCUT2D eigenvalue weighted by Gasteiger charge is 2.26. The molecule has 32 heavy (non-hydrogen) atoms. The summed E-state index contributed by atoms with van der Waals surface area (Å²) in [6, 6.07) is 6.12. The Bertz CT molecular complexity index is 1000. The van der Waals surface area contributed by atoms with Crippen molar-refractivity contribution in [3.8, 4) is 11.8 Å². The largest absolute Gasteiger partial charge is 0.477 e. The van der Waals surface area contributed by atoms with E-state index in [0.29, 0.717) is 30.4 Å². The van der Waals surface area contributed by atoms with Gasteiger partial charge in [0.2, 0.25) is 10.0 Å². The van der Waals surface area contributed by atoms with Crippen LogP contribution in [0.5, 0.6) is 11.8 Å². The lowest BCUT2D eigenvalue weighted by Crippen LogP contribution is -2.39. The van der Waals surface area contributed by atoms with E-state index in [1.54, 1.807) is 38.4 Å². The molecule has 0 atom stereocenters. The number of nitrogens with one attached hydrogen (secondary N) is 1. The van der Waals surface area contributed by atoms with Crippen molar-refractivity contribution in [3.63, 3.8) is 0 Å². The number of hydrogen-bond acceptors (Lipinski definition) is 7. The van der Waals surface area contributed by atoms with Crippen molar-refractivity contribution in [3.05, 3.63) is 42.2 Å². The Balaban J connectivity index is 1.54. The average Bonchev–Trinajstić information content (AvgIpc) is 2.81. The maximum Gasteiger partial charge on any atom is 0.278 e. The highest BCUT2D eigenvalue weighted by molar-refractivity contribution is 7.89. The molecule has 1 heterocycles. The van der Waals surface area contributed by atoms with E-state index in [2.05, 4.69) is 15.3 Å². The number of benzene rings is 1. The van der Waals surface area contributed by atoms with E-state index in [0.717, 1.165) is 25.7 Å². The van der Waals surface area contributed by atoms with Gasteiger partial charge in [0.1, 0.15) is 6.10 Å². The van der Waals surface area contributed by atoms with Gasteiger partial charge in [0.15, 0.2) is 0 Å². The van der Waals surface area contributed by atoms with Crippen LogP contribution < -0.4 is 14.8 Å². The lowest BCUT2D eigenvalue weighted by atomic mass is 9.92. The van der Waals surface area contributed by atoms with E-state index in [1.165, 1.54) is 23.5 Å². The van der Waals surface area contributed by atoms with Crippen LogP contribution in [0.4, 0.5) is 0 Å². The Hall–Kier alpha value is -2.72. The second-order valence-electron chi connectivity index (χ2n) is 7.55. The van der Waals surface area contributed by atoms with Gasteiger partial charge < -0.3 is 14.8 Å². The molecule has 0 spiro atoms. The summed E-state index contributed by atoms with van der Waals surface area (Å²) in [5.74, 6) is 0.522. The summed E-state index contributed by atoms with van der Waals surface area (Å²) in [5.41, 5.74) is 0.436. The van der Waals surface area contributed by atoms with E-state index in [1.807, 2.05) is 0 Å². The topological polar surface area (TPSA) is 111 Å². The average molecular weight is 463 g/mol. The van der Waals surface area contributed by atoms with E-state index >= 15 is 0 Å². The molecule has 0 unspecified atom stereocenters. The van der Waals surface area contributed by atoms with E-state index in [9.17, 15) is 13.2 Å². The van der Waals surface area contributed by atoms with Crippen molar-refractivity contribution >= 4 is 15.9 Å². The first-order chi connectivity index (χ1) is 15.4. The molecule has 1 saturated carbocycles. The number of ether oxygens (including phenoxy) is 2. The van der Waals surface area contributed by atoms with Crippen molar-refractivity contribution in [2.75, 3.05) is 20.2 Å². The Morgan fingerprint density at radius 3 is 2.19 bits per heavy atom. The summed E-state index contributed by atoms with van der Waals surface area (Å²) in [6.07, 6.45) is 6.17. The van der Waals surface area contributed by atoms with Crippen LogP contribution in [0, 0.1) is 0 Å². The zero-order valence-electron chi connectivity index (χ0n) is 18.7. The number of sulfonamides is 1. The minimum Gasteiger partial charge on any atom is -0.477 e. The van der Waals surface area contributed by atoms with Crippen molar-refractivity contribution in [2.24, 2.45) is 0 Å². The lowest BCUT2D eigenvalue weighted by molar-refractivity contribution is 0.0886. The van der Waals surface area contributed by atoms with E-state index in [4.69, 9.17) is 9.47 Å². The monoisotopic (exact) mass is 462 g/mol. The zero-order valence-corrected chi connectivity index (χ0v) is 19.5. The Kier molecular flexibility index (Phi) is 8.03. The Morgan fingerprint density at radius 1 is 1.03 bits per heavy atom. The van der Waals surface area contributed by atoms with Crippen LogP contribution in [-0.2, 0) is 10.0 Å². The molecular weight excluding hydrogens is 432 g/mol. The maximum absolute atomic E-state index is 12.6.